The first kappa shape index (κ1) is 13.9. The molecule has 0 aliphatic carbocycles. The van der Waals surface area contributed by atoms with Gasteiger partial charge in [-0.1, -0.05) is 30.0 Å². The predicted octanol–water partition coefficient (Wildman–Crippen LogP) is 2.23. The summed E-state index contributed by atoms with van der Waals surface area (Å²) in [7, 11) is 0. The van der Waals surface area contributed by atoms with Crippen LogP contribution in [-0.4, -0.2) is 21.2 Å². The van der Waals surface area contributed by atoms with Gasteiger partial charge < -0.3 is 5.32 Å². The lowest BCUT2D eigenvalue weighted by Crippen LogP contribution is -2.27. The average molecular weight is 301 g/mol. The Labute approximate surface area is 126 Å². The van der Waals surface area contributed by atoms with Crippen molar-refractivity contribution in [1.29, 1.82) is 0 Å². The standard InChI is InChI=1S/C15H15N3O2S/c1-10-4-2-3-5-12(10)17-13(19)8-11-9-21-15-16-7-6-14(20)18(11)15/h2-7,11H,8-9H2,1H3,(H,17,19)/t11-/m0/s1. The van der Waals surface area contributed by atoms with Crippen LogP contribution in [0.25, 0.3) is 0 Å². The van der Waals surface area contributed by atoms with Gasteiger partial charge in [-0.15, -0.1) is 0 Å². The highest BCUT2D eigenvalue weighted by Gasteiger charge is 2.26. The third-order valence-corrected chi connectivity index (χ3v) is 4.57. The van der Waals surface area contributed by atoms with Gasteiger partial charge in [0, 0.05) is 30.1 Å². The Bertz CT molecular complexity index is 742. The minimum absolute atomic E-state index is 0.0847. The maximum absolute atomic E-state index is 12.2. The van der Waals surface area contributed by atoms with Crippen molar-refractivity contribution < 1.29 is 4.79 Å². The number of para-hydroxylation sites is 1. The SMILES string of the molecule is Cc1ccccc1NC(=O)C[C@H]1CSc2nccc(=O)n21. The Hall–Kier alpha value is -2.08. The molecule has 1 amide bonds. The van der Waals surface area contributed by atoms with E-state index in [4.69, 9.17) is 0 Å². The summed E-state index contributed by atoms with van der Waals surface area (Å²) >= 11 is 1.51. The number of thioether (sulfide) groups is 1. The number of nitrogens with zero attached hydrogens (tertiary/aromatic N) is 2. The van der Waals surface area contributed by atoms with Gasteiger partial charge in [0.05, 0.1) is 6.04 Å². The molecule has 1 aliphatic rings. The highest BCUT2D eigenvalue weighted by atomic mass is 32.2. The molecule has 0 unspecified atom stereocenters. The normalized spacial score (nSPS) is 16.5. The first-order valence-corrected chi connectivity index (χ1v) is 7.69. The third-order valence-electron chi connectivity index (χ3n) is 3.46. The predicted molar refractivity (Wildman–Crippen MR) is 82.7 cm³/mol. The Morgan fingerprint density at radius 1 is 1.43 bits per heavy atom. The molecule has 21 heavy (non-hydrogen) atoms. The molecule has 0 bridgehead atoms. The topological polar surface area (TPSA) is 64.0 Å². The van der Waals surface area contributed by atoms with Gasteiger partial charge in [-0.2, -0.15) is 0 Å². The van der Waals surface area contributed by atoms with Crippen molar-refractivity contribution in [3.8, 4) is 0 Å². The van der Waals surface area contributed by atoms with Crippen molar-refractivity contribution in [3.05, 3.63) is 52.4 Å². The van der Waals surface area contributed by atoms with Crippen LogP contribution in [0.5, 0.6) is 0 Å². The summed E-state index contributed by atoms with van der Waals surface area (Å²) in [4.78, 5) is 28.2. The molecule has 2 aromatic rings. The monoisotopic (exact) mass is 301 g/mol. The number of aromatic nitrogens is 2. The molecular weight excluding hydrogens is 286 g/mol. The van der Waals surface area contributed by atoms with E-state index >= 15 is 0 Å². The van der Waals surface area contributed by atoms with E-state index in [1.165, 1.54) is 24.0 Å². The Kier molecular flexibility index (Phi) is 3.79. The van der Waals surface area contributed by atoms with E-state index in [-0.39, 0.29) is 23.9 Å². The second-order valence-corrected chi connectivity index (χ2v) is 5.95. The summed E-state index contributed by atoms with van der Waals surface area (Å²) in [5.41, 5.74) is 1.73. The van der Waals surface area contributed by atoms with Crippen LogP contribution in [0.15, 0.2) is 46.5 Å². The summed E-state index contributed by atoms with van der Waals surface area (Å²) in [5, 5.41) is 3.59. The number of nitrogens with one attached hydrogen (secondary N) is 1. The maximum atomic E-state index is 12.2. The molecule has 0 fully saturated rings. The molecule has 6 heteroatoms. The number of carbonyl (C=O) groups is 1. The molecule has 0 saturated carbocycles. The molecule has 0 saturated heterocycles. The lowest BCUT2D eigenvalue weighted by molar-refractivity contribution is -0.116. The number of fused-ring (bicyclic) bond motifs is 1. The Morgan fingerprint density at radius 3 is 3.05 bits per heavy atom. The first-order valence-electron chi connectivity index (χ1n) is 6.71. The van der Waals surface area contributed by atoms with Crippen LogP contribution in [0.2, 0.25) is 0 Å². The zero-order valence-corrected chi connectivity index (χ0v) is 12.4. The van der Waals surface area contributed by atoms with Gasteiger partial charge in [-0.05, 0) is 18.6 Å². The zero-order valence-electron chi connectivity index (χ0n) is 11.6. The van der Waals surface area contributed by atoms with E-state index < -0.39 is 0 Å². The number of benzene rings is 1. The molecule has 0 radical (unpaired) electrons. The van der Waals surface area contributed by atoms with Crippen LogP contribution < -0.4 is 10.9 Å². The number of hydrogen-bond donors (Lipinski definition) is 1. The van der Waals surface area contributed by atoms with E-state index in [0.29, 0.717) is 10.9 Å². The van der Waals surface area contributed by atoms with Crippen molar-refractivity contribution in [2.45, 2.75) is 24.5 Å². The highest BCUT2D eigenvalue weighted by Crippen LogP contribution is 2.31. The second-order valence-electron chi connectivity index (χ2n) is 4.97. The third kappa shape index (κ3) is 2.85. The van der Waals surface area contributed by atoms with Crippen LogP contribution in [0, 0.1) is 6.92 Å². The van der Waals surface area contributed by atoms with Gasteiger partial charge >= 0.3 is 0 Å². The number of anilines is 1. The van der Waals surface area contributed by atoms with E-state index in [9.17, 15) is 9.59 Å². The number of amides is 1. The van der Waals surface area contributed by atoms with Gasteiger partial charge in [0.1, 0.15) is 0 Å². The Morgan fingerprint density at radius 2 is 2.24 bits per heavy atom. The van der Waals surface area contributed by atoms with Crippen molar-refractivity contribution in [1.82, 2.24) is 9.55 Å². The van der Waals surface area contributed by atoms with E-state index in [1.54, 1.807) is 4.57 Å². The molecule has 3 rings (SSSR count). The molecule has 2 heterocycles. The van der Waals surface area contributed by atoms with Crippen LogP contribution in [-0.2, 0) is 4.79 Å². The first-order chi connectivity index (χ1) is 10.1. The summed E-state index contributed by atoms with van der Waals surface area (Å²) < 4.78 is 1.61. The van der Waals surface area contributed by atoms with Crippen LogP contribution in [0.3, 0.4) is 0 Å². The molecular formula is C15H15N3O2S. The van der Waals surface area contributed by atoms with Crippen molar-refractivity contribution in [2.75, 3.05) is 11.1 Å². The minimum Gasteiger partial charge on any atom is -0.326 e. The van der Waals surface area contributed by atoms with Crippen molar-refractivity contribution >= 4 is 23.4 Å². The highest BCUT2D eigenvalue weighted by molar-refractivity contribution is 7.99. The van der Waals surface area contributed by atoms with E-state index in [0.717, 1.165) is 11.3 Å². The fourth-order valence-corrected chi connectivity index (χ4v) is 3.49. The molecule has 0 spiro atoms. The molecule has 1 aromatic carbocycles. The molecule has 1 aromatic heterocycles. The van der Waals surface area contributed by atoms with Crippen LogP contribution in [0.4, 0.5) is 5.69 Å². The zero-order chi connectivity index (χ0) is 14.8. The molecule has 5 nitrogen and oxygen atoms in total. The average Bonchev–Trinajstić information content (AvgIpc) is 2.86. The summed E-state index contributed by atoms with van der Waals surface area (Å²) in [6, 6.07) is 8.94. The summed E-state index contributed by atoms with van der Waals surface area (Å²) in [5.74, 6) is 0.617. The summed E-state index contributed by atoms with van der Waals surface area (Å²) in [6.07, 6.45) is 1.79. The molecule has 108 valence electrons. The molecule has 1 atom stereocenters. The summed E-state index contributed by atoms with van der Waals surface area (Å²) in [6.45, 7) is 1.95. The lowest BCUT2D eigenvalue weighted by atomic mass is 10.1. The van der Waals surface area contributed by atoms with Gasteiger partial charge in [0.25, 0.3) is 5.56 Å². The van der Waals surface area contributed by atoms with Crippen LogP contribution >= 0.6 is 11.8 Å². The smallest absolute Gasteiger partial charge is 0.254 e. The second kappa shape index (κ2) is 5.73. The number of carbonyl (C=O) groups excluding carboxylic acids is 1. The molecule has 1 N–H and O–H groups in total. The van der Waals surface area contributed by atoms with Gasteiger partial charge in [-0.25, -0.2) is 4.98 Å². The Balaban J connectivity index is 1.73. The van der Waals surface area contributed by atoms with Crippen LogP contribution in [0.1, 0.15) is 18.0 Å². The number of rotatable bonds is 3. The number of hydrogen-bond acceptors (Lipinski definition) is 4. The maximum Gasteiger partial charge on any atom is 0.254 e. The van der Waals surface area contributed by atoms with Gasteiger partial charge in [-0.3, -0.25) is 14.2 Å². The van der Waals surface area contributed by atoms with Gasteiger partial charge in [0.2, 0.25) is 5.91 Å². The lowest BCUT2D eigenvalue weighted by Gasteiger charge is -2.13. The van der Waals surface area contributed by atoms with E-state index in [2.05, 4.69) is 10.3 Å². The van der Waals surface area contributed by atoms with Crippen molar-refractivity contribution in [2.24, 2.45) is 0 Å². The fourth-order valence-electron chi connectivity index (χ4n) is 2.37. The quantitative estimate of drug-likeness (QED) is 0.883. The van der Waals surface area contributed by atoms with Crippen molar-refractivity contribution in [3.63, 3.8) is 0 Å². The fraction of sp³-hybridized carbons (Fsp3) is 0.267. The minimum atomic E-state index is -0.129. The number of aryl methyl sites for hydroxylation is 1. The van der Waals surface area contributed by atoms with E-state index in [1.807, 2.05) is 31.2 Å². The largest absolute Gasteiger partial charge is 0.326 e. The molecule has 1 aliphatic heterocycles. The van der Waals surface area contributed by atoms with Gasteiger partial charge in [0.15, 0.2) is 5.16 Å².